The number of hydrogen-bond acceptors (Lipinski definition) is 3. The Balaban J connectivity index is 1.49. The van der Waals surface area contributed by atoms with E-state index in [4.69, 9.17) is 16.3 Å². The third-order valence-corrected chi connectivity index (χ3v) is 5.52. The zero-order valence-corrected chi connectivity index (χ0v) is 17.1. The number of nitrogens with one attached hydrogen (secondary N) is 1. The summed E-state index contributed by atoms with van der Waals surface area (Å²) in [4.78, 5) is 23.8. The van der Waals surface area contributed by atoms with Gasteiger partial charge in [-0.15, -0.1) is 0 Å². The first-order valence-electron chi connectivity index (χ1n) is 9.71. The monoisotopic (exact) mass is 439 g/mol. The highest BCUT2D eigenvalue weighted by molar-refractivity contribution is 6.30. The second kappa shape index (κ2) is 8.78. The van der Waals surface area contributed by atoms with E-state index in [0.29, 0.717) is 0 Å². The molecular formula is C24H19ClFNO4. The maximum atomic E-state index is 13.7. The molecule has 1 aliphatic rings. The largest absolute Gasteiger partial charge is 0.481 e. The number of fused-ring (bicyclic) bond motifs is 3. The fourth-order valence-electron chi connectivity index (χ4n) is 3.99. The van der Waals surface area contributed by atoms with Crippen LogP contribution in [0.25, 0.3) is 11.1 Å². The van der Waals surface area contributed by atoms with Gasteiger partial charge in [-0.05, 0) is 46.0 Å². The number of rotatable bonds is 6. The molecular weight excluding hydrogens is 421 g/mol. The lowest BCUT2D eigenvalue weighted by Crippen LogP contribution is -2.31. The third kappa shape index (κ3) is 4.54. The fraction of sp³-hybridized carbons (Fsp3) is 0.167. The number of ether oxygens (including phenoxy) is 1. The van der Waals surface area contributed by atoms with Crippen LogP contribution in [0.4, 0.5) is 9.18 Å². The molecule has 1 aliphatic carbocycles. The Hall–Kier alpha value is -3.38. The molecule has 31 heavy (non-hydrogen) atoms. The molecule has 0 saturated heterocycles. The van der Waals surface area contributed by atoms with Gasteiger partial charge in [-0.25, -0.2) is 9.18 Å². The van der Waals surface area contributed by atoms with Crippen LogP contribution < -0.4 is 5.32 Å². The van der Waals surface area contributed by atoms with Crippen molar-refractivity contribution >= 4 is 23.7 Å². The number of amides is 1. The van der Waals surface area contributed by atoms with Crippen LogP contribution in [0.2, 0.25) is 5.02 Å². The van der Waals surface area contributed by atoms with Gasteiger partial charge in [0, 0.05) is 10.9 Å². The number of alkyl carbamates (subject to hydrolysis) is 1. The maximum Gasteiger partial charge on any atom is 0.407 e. The van der Waals surface area contributed by atoms with E-state index in [2.05, 4.69) is 5.32 Å². The van der Waals surface area contributed by atoms with Crippen molar-refractivity contribution in [3.8, 4) is 11.1 Å². The molecule has 1 unspecified atom stereocenters. The first-order valence-corrected chi connectivity index (χ1v) is 10.1. The van der Waals surface area contributed by atoms with Crippen LogP contribution in [0.3, 0.4) is 0 Å². The Morgan fingerprint density at radius 3 is 2.23 bits per heavy atom. The summed E-state index contributed by atoms with van der Waals surface area (Å²) < 4.78 is 19.2. The van der Waals surface area contributed by atoms with E-state index in [9.17, 15) is 19.1 Å². The van der Waals surface area contributed by atoms with Crippen molar-refractivity contribution in [1.29, 1.82) is 0 Å². The summed E-state index contributed by atoms with van der Waals surface area (Å²) in [6.07, 6.45) is -1.22. The molecule has 5 nitrogen and oxygen atoms in total. The Morgan fingerprint density at radius 2 is 1.65 bits per heavy atom. The molecule has 7 heteroatoms. The molecule has 3 aromatic carbocycles. The quantitative estimate of drug-likeness (QED) is 0.529. The lowest BCUT2D eigenvalue weighted by atomic mass is 9.98. The van der Waals surface area contributed by atoms with Crippen molar-refractivity contribution in [3.05, 3.63) is 94.3 Å². The van der Waals surface area contributed by atoms with Gasteiger partial charge in [-0.2, -0.15) is 0 Å². The molecule has 0 fully saturated rings. The number of carboxylic acids is 1. The zero-order chi connectivity index (χ0) is 22.0. The highest BCUT2D eigenvalue weighted by Gasteiger charge is 2.29. The molecule has 0 aromatic heterocycles. The standard InChI is InChI=1S/C24H19ClFNO4/c25-15-9-14(10-16(26)11-15)22(12-23(28)29)27-24(30)31-13-21-19-7-3-1-5-17(19)18-6-2-4-8-20(18)21/h1-11,21-22H,12-13H2,(H,27,30)(H,28,29). The zero-order valence-electron chi connectivity index (χ0n) is 16.3. The van der Waals surface area contributed by atoms with Crippen LogP contribution in [-0.2, 0) is 9.53 Å². The van der Waals surface area contributed by atoms with Crippen LogP contribution >= 0.6 is 11.6 Å². The van der Waals surface area contributed by atoms with Gasteiger partial charge in [0.05, 0.1) is 12.5 Å². The molecule has 1 atom stereocenters. The minimum absolute atomic E-state index is 0.0869. The molecule has 0 aliphatic heterocycles. The molecule has 4 rings (SSSR count). The Bertz CT molecular complexity index is 1080. The summed E-state index contributed by atoms with van der Waals surface area (Å²) in [5, 5.41) is 11.8. The van der Waals surface area contributed by atoms with E-state index < -0.39 is 30.3 Å². The van der Waals surface area contributed by atoms with E-state index in [0.717, 1.165) is 34.4 Å². The first kappa shape index (κ1) is 20.9. The summed E-state index contributed by atoms with van der Waals surface area (Å²) in [7, 11) is 0. The van der Waals surface area contributed by atoms with Crippen LogP contribution in [0.5, 0.6) is 0 Å². The van der Waals surface area contributed by atoms with Gasteiger partial charge in [0.25, 0.3) is 0 Å². The van der Waals surface area contributed by atoms with Gasteiger partial charge in [0.1, 0.15) is 12.4 Å². The van der Waals surface area contributed by atoms with Crippen molar-refractivity contribution in [2.75, 3.05) is 6.61 Å². The topological polar surface area (TPSA) is 75.6 Å². The van der Waals surface area contributed by atoms with Crippen molar-refractivity contribution < 1.29 is 23.8 Å². The van der Waals surface area contributed by atoms with Crippen molar-refractivity contribution in [2.45, 2.75) is 18.4 Å². The third-order valence-electron chi connectivity index (χ3n) is 5.30. The number of carboxylic acid groups (broad SMARTS) is 1. The van der Waals surface area contributed by atoms with Crippen LogP contribution in [0.1, 0.15) is 35.1 Å². The van der Waals surface area contributed by atoms with Gasteiger partial charge < -0.3 is 15.2 Å². The Kier molecular flexibility index (Phi) is 5.91. The van der Waals surface area contributed by atoms with E-state index in [1.54, 1.807) is 0 Å². The second-order valence-corrected chi connectivity index (χ2v) is 7.76. The Labute approximate surface area is 183 Å². The normalized spacial score (nSPS) is 13.2. The van der Waals surface area contributed by atoms with Crippen LogP contribution in [0, 0.1) is 5.82 Å². The minimum atomic E-state index is -1.15. The van der Waals surface area contributed by atoms with Gasteiger partial charge in [-0.1, -0.05) is 60.1 Å². The highest BCUT2D eigenvalue weighted by atomic mass is 35.5. The lowest BCUT2D eigenvalue weighted by molar-refractivity contribution is -0.137. The van der Waals surface area contributed by atoms with Crippen molar-refractivity contribution in [3.63, 3.8) is 0 Å². The van der Waals surface area contributed by atoms with Gasteiger partial charge in [0.2, 0.25) is 0 Å². The van der Waals surface area contributed by atoms with Crippen molar-refractivity contribution in [2.24, 2.45) is 0 Å². The molecule has 0 heterocycles. The predicted octanol–water partition coefficient (Wildman–Crippen LogP) is 5.53. The van der Waals surface area contributed by atoms with E-state index in [-0.39, 0.29) is 23.1 Å². The first-order chi connectivity index (χ1) is 14.9. The number of carbonyl (C=O) groups is 2. The molecule has 158 valence electrons. The van der Waals surface area contributed by atoms with Crippen molar-refractivity contribution in [1.82, 2.24) is 5.32 Å². The molecule has 1 amide bonds. The number of benzene rings is 3. The number of halogens is 2. The van der Waals surface area contributed by atoms with Gasteiger partial charge >= 0.3 is 12.1 Å². The van der Waals surface area contributed by atoms with E-state index in [1.807, 2.05) is 48.5 Å². The summed E-state index contributed by atoms with van der Waals surface area (Å²) in [5.41, 5.74) is 4.59. The average Bonchev–Trinajstić information content (AvgIpc) is 3.05. The second-order valence-electron chi connectivity index (χ2n) is 7.32. The summed E-state index contributed by atoms with van der Waals surface area (Å²) in [5.74, 6) is -1.89. The number of carbonyl (C=O) groups excluding carboxylic acids is 1. The summed E-state index contributed by atoms with van der Waals surface area (Å²) >= 11 is 5.88. The number of hydrogen-bond donors (Lipinski definition) is 2. The molecule has 2 N–H and O–H groups in total. The maximum absolute atomic E-state index is 13.7. The molecule has 3 aromatic rings. The van der Waals surface area contributed by atoms with Crippen LogP contribution in [0.15, 0.2) is 66.7 Å². The average molecular weight is 440 g/mol. The van der Waals surface area contributed by atoms with Crippen LogP contribution in [-0.4, -0.2) is 23.8 Å². The molecule has 0 spiro atoms. The Morgan fingerprint density at radius 1 is 1.03 bits per heavy atom. The van der Waals surface area contributed by atoms with E-state index >= 15 is 0 Å². The summed E-state index contributed by atoms with van der Waals surface area (Å²) in [6, 6.07) is 18.6. The number of aliphatic carboxylic acids is 1. The predicted molar refractivity (Wildman–Crippen MR) is 115 cm³/mol. The highest BCUT2D eigenvalue weighted by Crippen LogP contribution is 2.44. The molecule has 0 saturated carbocycles. The van der Waals surface area contributed by atoms with Gasteiger partial charge in [-0.3, -0.25) is 4.79 Å². The smallest absolute Gasteiger partial charge is 0.407 e. The lowest BCUT2D eigenvalue weighted by Gasteiger charge is -2.19. The fourth-order valence-corrected chi connectivity index (χ4v) is 4.22. The summed E-state index contributed by atoms with van der Waals surface area (Å²) in [6.45, 7) is 0.0869. The molecule has 0 bridgehead atoms. The van der Waals surface area contributed by atoms with E-state index in [1.165, 1.54) is 6.07 Å². The SMILES string of the molecule is O=C(O)CC(NC(=O)OCC1c2ccccc2-c2ccccc21)c1cc(F)cc(Cl)c1. The molecule has 0 radical (unpaired) electrons. The van der Waals surface area contributed by atoms with Gasteiger partial charge in [0.15, 0.2) is 0 Å². The minimum Gasteiger partial charge on any atom is -0.481 e.